The molecular weight excluding hydrogens is 378 g/mol. The summed E-state index contributed by atoms with van der Waals surface area (Å²) in [5.74, 6) is 0.849. The third kappa shape index (κ3) is 4.84. The van der Waals surface area contributed by atoms with E-state index < -0.39 is 0 Å². The highest BCUT2D eigenvalue weighted by molar-refractivity contribution is 5.93. The van der Waals surface area contributed by atoms with E-state index in [1.807, 2.05) is 7.11 Å². The van der Waals surface area contributed by atoms with Gasteiger partial charge in [0.05, 0.1) is 18.8 Å². The van der Waals surface area contributed by atoms with Crippen LogP contribution in [0.3, 0.4) is 0 Å². The number of ether oxygens (including phenoxy) is 2. The minimum Gasteiger partial charge on any atom is -0.465 e. The first kappa shape index (κ1) is 23.1. The summed E-state index contributed by atoms with van der Waals surface area (Å²) in [6.45, 7) is 4.46. The fraction of sp³-hybridized carbons (Fsp3) is 0.833. The monoisotopic (exact) mass is 420 g/mol. The predicted molar refractivity (Wildman–Crippen MR) is 119 cm³/mol. The molecule has 30 heavy (non-hydrogen) atoms. The number of guanidine groups is 1. The van der Waals surface area contributed by atoms with Crippen molar-refractivity contribution >= 4 is 11.9 Å². The Hall–Kier alpha value is -1.56. The zero-order valence-electron chi connectivity index (χ0n) is 19.5. The molecule has 2 N–H and O–H groups in total. The van der Waals surface area contributed by atoms with Crippen LogP contribution >= 0.6 is 0 Å². The third-order valence-corrected chi connectivity index (χ3v) is 7.11. The van der Waals surface area contributed by atoms with Gasteiger partial charge >= 0.3 is 11.9 Å². The van der Waals surface area contributed by atoms with Crippen LogP contribution in [0.2, 0.25) is 0 Å². The minimum absolute atomic E-state index is 0.113. The second-order valence-electron chi connectivity index (χ2n) is 9.16. The number of unbranched alkanes of at least 4 members (excludes halogenated alkanes) is 6. The molecule has 0 saturated carbocycles. The molecule has 6 heteroatoms. The van der Waals surface area contributed by atoms with Crippen LogP contribution in [0, 0.1) is 0 Å². The number of hydrogen-bond acceptors (Lipinski definition) is 5. The summed E-state index contributed by atoms with van der Waals surface area (Å²) in [6.07, 6.45) is 14.7. The fourth-order valence-electron chi connectivity index (χ4n) is 5.46. The summed E-state index contributed by atoms with van der Waals surface area (Å²) in [5.41, 5.74) is 1.56. The molecule has 3 aliphatic rings. The zero-order chi connectivity index (χ0) is 21.6. The molecule has 0 bridgehead atoms. The van der Waals surface area contributed by atoms with Crippen LogP contribution in [0.15, 0.2) is 11.3 Å². The smallest absolute Gasteiger partial charge is 0.353 e. The highest BCUT2D eigenvalue weighted by Gasteiger charge is 2.53. The van der Waals surface area contributed by atoms with E-state index in [4.69, 9.17) is 9.47 Å². The van der Waals surface area contributed by atoms with E-state index in [0.29, 0.717) is 6.04 Å². The van der Waals surface area contributed by atoms with Crippen molar-refractivity contribution in [3.63, 3.8) is 0 Å². The number of nitrogens with zero attached hydrogens (tertiary/aromatic N) is 1. The predicted octanol–water partition coefficient (Wildman–Crippen LogP) is 4.19. The molecule has 3 aliphatic heterocycles. The van der Waals surface area contributed by atoms with Crippen molar-refractivity contribution in [2.24, 2.45) is 0 Å². The quantitative estimate of drug-likeness (QED) is 0.282. The molecule has 6 nitrogen and oxygen atoms in total. The second-order valence-corrected chi connectivity index (χ2v) is 9.16. The first-order chi connectivity index (χ1) is 14.6. The number of carbonyl (C=O) groups excluding carboxylic acids is 1. The lowest BCUT2D eigenvalue weighted by atomic mass is 9.93. The zero-order valence-corrected chi connectivity index (χ0v) is 19.5. The molecule has 3 heterocycles. The van der Waals surface area contributed by atoms with Gasteiger partial charge in [0.1, 0.15) is 11.6 Å². The van der Waals surface area contributed by atoms with Gasteiger partial charge < -0.3 is 9.47 Å². The van der Waals surface area contributed by atoms with Crippen LogP contribution in [-0.2, 0) is 14.3 Å². The van der Waals surface area contributed by atoms with Crippen LogP contribution in [0.5, 0.6) is 0 Å². The average molecular weight is 421 g/mol. The molecule has 3 rings (SSSR count). The van der Waals surface area contributed by atoms with E-state index in [1.165, 1.54) is 45.6 Å². The number of methoxy groups -OCH3 is 2. The Morgan fingerprint density at radius 2 is 1.80 bits per heavy atom. The maximum atomic E-state index is 12.7. The number of allylic oxidation sites excluding steroid dienone is 1. The van der Waals surface area contributed by atoms with E-state index in [-0.39, 0.29) is 17.7 Å². The minimum atomic E-state index is -0.318. The summed E-state index contributed by atoms with van der Waals surface area (Å²) in [7, 11) is 3.33. The number of rotatable bonds is 12. The lowest BCUT2D eigenvalue weighted by Gasteiger charge is -2.40. The van der Waals surface area contributed by atoms with Gasteiger partial charge in [0.15, 0.2) is 5.72 Å². The van der Waals surface area contributed by atoms with E-state index in [9.17, 15) is 4.79 Å². The van der Waals surface area contributed by atoms with Crippen molar-refractivity contribution in [1.29, 1.82) is 0 Å². The van der Waals surface area contributed by atoms with Crippen molar-refractivity contribution in [2.45, 2.75) is 115 Å². The standard InChI is InChI=1S/C24H41N3O3/c1-5-7-9-10-12-16-24(30-4)17-18-14-15-20-21(22(28)29-3)19(13-11-8-6-2)25-23(26-24)27(18)20/h18,20H,5-17H2,1-4H3,(H,25,26,28)/p+1/t18-,20+,24-/m1/s1. The first-order valence-electron chi connectivity index (χ1n) is 12.2. The Labute approximate surface area is 182 Å². The lowest BCUT2D eigenvalue weighted by Crippen LogP contribution is -2.65. The number of hydrogen-bond donors (Lipinski definition) is 2. The van der Waals surface area contributed by atoms with Crippen molar-refractivity contribution in [2.75, 3.05) is 14.2 Å². The van der Waals surface area contributed by atoms with Gasteiger partial charge in [0, 0.05) is 26.4 Å². The molecule has 170 valence electrons. The van der Waals surface area contributed by atoms with Gasteiger partial charge in [0.25, 0.3) is 0 Å². The molecule has 1 saturated heterocycles. The van der Waals surface area contributed by atoms with Gasteiger partial charge in [-0.3, -0.25) is 4.58 Å². The van der Waals surface area contributed by atoms with E-state index >= 15 is 0 Å². The summed E-state index contributed by atoms with van der Waals surface area (Å²) >= 11 is 0. The van der Waals surface area contributed by atoms with E-state index in [0.717, 1.165) is 62.2 Å². The second kappa shape index (κ2) is 10.7. The maximum absolute atomic E-state index is 12.7. The van der Waals surface area contributed by atoms with Crippen LogP contribution < -0.4 is 10.6 Å². The lowest BCUT2D eigenvalue weighted by molar-refractivity contribution is -0.585. The average Bonchev–Trinajstić information content (AvgIpc) is 3.17. The molecule has 0 spiro atoms. The summed E-state index contributed by atoms with van der Waals surface area (Å²) in [6, 6.07) is 0.508. The molecule has 0 unspecified atom stereocenters. The van der Waals surface area contributed by atoms with Crippen LogP contribution in [0.1, 0.15) is 97.3 Å². The van der Waals surface area contributed by atoms with Gasteiger partial charge in [-0.25, -0.2) is 15.4 Å². The third-order valence-electron chi connectivity index (χ3n) is 7.11. The molecule has 1 fully saturated rings. The Morgan fingerprint density at radius 3 is 2.50 bits per heavy atom. The van der Waals surface area contributed by atoms with Gasteiger partial charge in [-0.2, -0.15) is 0 Å². The fourth-order valence-corrected chi connectivity index (χ4v) is 5.46. The first-order valence-corrected chi connectivity index (χ1v) is 12.2. The number of carbonyl (C=O) groups is 1. The van der Waals surface area contributed by atoms with Crippen molar-refractivity contribution in [1.82, 2.24) is 10.6 Å². The van der Waals surface area contributed by atoms with E-state index in [1.54, 1.807) is 0 Å². The van der Waals surface area contributed by atoms with E-state index in [2.05, 4.69) is 29.1 Å². The van der Waals surface area contributed by atoms with Crippen LogP contribution in [0.25, 0.3) is 0 Å². The van der Waals surface area contributed by atoms with Crippen molar-refractivity contribution < 1.29 is 18.8 Å². The Morgan fingerprint density at radius 1 is 1.07 bits per heavy atom. The SMILES string of the molecule is CCCCCCC[C@@]1(OC)C[C@H]2CC[C@H]3C(C(=O)OC)=C(CCCCC)NC(=[N+]23)N1. The van der Waals surface area contributed by atoms with Gasteiger partial charge in [-0.1, -0.05) is 52.4 Å². The van der Waals surface area contributed by atoms with Crippen molar-refractivity contribution in [3.8, 4) is 0 Å². The maximum Gasteiger partial charge on any atom is 0.353 e. The van der Waals surface area contributed by atoms with Gasteiger partial charge in [-0.15, -0.1) is 0 Å². The molecule has 0 aromatic heterocycles. The molecule has 0 aliphatic carbocycles. The molecule has 3 atom stereocenters. The number of esters is 1. The normalized spacial score (nSPS) is 27.6. The topological polar surface area (TPSA) is 62.6 Å². The highest BCUT2D eigenvalue weighted by atomic mass is 16.5. The molecule has 0 amide bonds. The molecular formula is C24H42N3O3+. The largest absolute Gasteiger partial charge is 0.465 e. The van der Waals surface area contributed by atoms with Gasteiger partial charge in [0.2, 0.25) is 0 Å². The summed E-state index contributed by atoms with van der Waals surface area (Å²) in [5, 5.41) is 7.34. The number of nitrogens with one attached hydrogen (secondary N) is 2. The van der Waals surface area contributed by atoms with Crippen LogP contribution in [-0.4, -0.2) is 48.5 Å². The van der Waals surface area contributed by atoms with Gasteiger partial charge in [-0.05, 0) is 25.7 Å². The molecule has 0 aromatic rings. The highest BCUT2D eigenvalue weighted by Crippen LogP contribution is 2.38. The van der Waals surface area contributed by atoms with Crippen molar-refractivity contribution in [3.05, 3.63) is 11.3 Å². The summed E-state index contributed by atoms with van der Waals surface area (Å²) < 4.78 is 13.7. The Bertz CT molecular complexity index is 673. The Balaban J connectivity index is 1.78. The summed E-state index contributed by atoms with van der Waals surface area (Å²) in [4.78, 5) is 12.7. The molecule has 0 aromatic carbocycles. The molecule has 0 radical (unpaired) electrons. The Kier molecular flexibility index (Phi) is 8.20. The van der Waals surface area contributed by atoms with Crippen LogP contribution in [0.4, 0.5) is 0 Å².